The van der Waals surface area contributed by atoms with Crippen LogP contribution in [0.25, 0.3) is 0 Å². The van der Waals surface area contributed by atoms with Gasteiger partial charge in [-0.2, -0.15) is 0 Å². The van der Waals surface area contributed by atoms with Crippen LogP contribution in [-0.2, 0) is 28.5 Å². The SMILES string of the molecule is CC(=O)O[C@H]1[C@H](OC(C)(C)[C@H](O)CC[C@@H](C)[C@H]2[C@@H](O)C[C@@]3(C)[C@@H]4[C@@H](O)C[C@H]5C(C)(C)[C@@H](O[C@@H]6O[C@H](CO)[C@@H](O)[C@H](O)[C@H]6O)CC[C@@]56C[C@@]46CC[C@]23CO)OC[C@@H](O)[C@@H]1O. The molecular formula is C43H72O16. The third kappa shape index (κ3) is 6.97. The second-order valence-corrected chi connectivity index (χ2v) is 21.2. The molecule has 7 rings (SSSR count). The van der Waals surface area contributed by atoms with Gasteiger partial charge in [0.05, 0.1) is 43.2 Å². The predicted octanol–water partition coefficient (Wildman–Crippen LogP) is 0.107. The summed E-state index contributed by atoms with van der Waals surface area (Å²) in [7, 11) is 0. The maximum absolute atomic E-state index is 12.4. The van der Waals surface area contributed by atoms with E-state index in [1.54, 1.807) is 13.8 Å². The molecule has 0 radical (unpaired) electrons. The van der Waals surface area contributed by atoms with E-state index in [0.717, 1.165) is 19.3 Å². The van der Waals surface area contributed by atoms with E-state index < -0.39 is 114 Å². The molecular weight excluding hydrogens is 772 g/mol. The quantitative estimate of drug-likeness (QED) is 0.0923. The van der Waals surface area contributed by atoms with E-state index in [4.69, 9.17) is 23.7 Å². The Hall–Kier alpha value is -1.09. The molecule has 10 N–H and O–H groups in total. The molecule has 16 nitrogen and oxygen atoms in total. The summed E-state index contributed by atoms with van der Waals surface area (Å²) in [5.41, 5.74) is -3.26. The zero-order chi connectivity index (χ0) is 43.4. The van der Waals surface area contributed by atoms with Gasteiger partial charge in [0.25, 0.3) is 0 Å². The second-order valence-electron chi connectivity index (χ2n) is 21.2. The minimum absolute atomic E-state index is 0.0554. The molecule has 7 aliphatic rings. The Labute approximate surface area is 347 Å². The molecule has 16 heteroatoms. The van der Waals surface area contributed by atoms with Crippen molar-refractivity contribution in [2.45, 2.75) is 192 Å². The van der Waals surface area contributed by atoms with Crippen LogP contribution in [0.5, 0.6) is 0 Å². The van der Waals surface area contributed by atoms with Crippen molar-refractivity contribution in [1.82, 2.24) is 0 Å². The molecule has 2 saturated heterocycles. The first-order valence-electron chi connectivity index (χ1n) is 21.9. The molecule has 0 aromatic carbocycles. The highest BCUT2D eigenvalue weighted by atomic mass is 16.7. The van der Waals surface area contributed by atoms with Crippen molar-refractivity contribution in [3.63, 3.8) is 0 Å². The average Bonchev–Trinajstić information content (AvgIpc) is 3.74. The number of carbonyl (C=O) groups is 1. The van der Waals surface area contributed by atoms with Gasteiger partial charge in [-0.3, -0.25) is 4.79 Å². The summed E-state index contributed by atoms with van der Waals surface area (Å²) >= 11 is 0. The number of aliphatic hydroxyl groups is 10. The topological polar surface area (TPSA) is 266 Å². The lowest BCUT2D eigenvalue weighted by atomic mass is 9.41. The lowest BCUT2D eigenvalue weighted by Gasteiger charge is -2.65. The molecule has 59 heavy (non-hydrogen) atoms. The summed E-state index contributed by atoms with van der Waals surface area (Å²) < 4.78 is 29.1. The lowest BCUT2D eigenvalue weighted by molar-refractivity contribution is -0.327. The summed E-state index contributed by atoms with van der Waals surface area (Å²) in [6.07, 6.45) is -9.43. The summed E-state index contributed by atoms with van der Waals surface area (Å²) in [5, 5.41) is 109. The molecule has 0 unspecified atom stereocenters. The zero-order valence-electron chi connectivity index (χ0n) is 35.7. The minimum Gasteiger partial charge on any atom is -0.454 e. The molecule has 5 aliphatic carbocycles. The normalized spacial score (nSPS) is 51.4. The van der Waals surface area contributed by atoms with Gasteiger partial charge >= 0.3 is 5.97 Å². The van der Waals surface area contributed by atoms with Crippen molar-refractivity contribution in [2.75, 3.05) is 19.8 Å². The maximum atomic E-state index is 12.4. The Bertz CT molecular complexity index is 1530. The van der Waals surface area contributed by atoms with E-state index in [1.807, 2.05) is 6.92 Å². The highest BCUT2D eigenvalue weighted by molar-refractivity contribution is 5.66. The standard InChI is InChI=1S/C43H72O16/c1-20(8-9-27(50)39(5,6)59-37-34(56-21(2)46)30(51)24(49)17-55-37)29-23(48)15-40(7)35-22(47)14-26-38(3,4)28(58-36-33(54)32(53)31(52)25(16-44)57-36)10-11-41(26)18-42(35,41)12-13-43(29,40)19-45/h20,22-37,44-45,47-54H,8-19H2,1-7H3/t20-,22+,23+,24-,25-,26+,27-,28+,29+,30+,31-,32+,33-,34-,35+,36+,37+,40+,41-,42+,43+/m1/s1. The summed E-state index contributed by atoms with van der Waals surface area (Å²) in [4.78, 5) is 11.8. The van der Waals surface area contributed by atoms with Crippen LogP contribution in [0.3, 0.4) is 0 Å². The van der Waals surface area contributed by atoms with Gasteiger partial charge in [0.2, 0.25) is 0 Å². The van der Waals surface area contributed by atoms with Crippen molar-refractivity contribution >= 4 is 5.97 Å². The fourth-order valence-corrected chi connectivity index (χ4v) is 14.7. The van der Waals surface area contributed by atoms with E-state index in [1.165, 1.54) is 6.92 Å². The zero-order valence-corrected chi connectivity index (χ0v) is 35.7. The Morgan fingerprint density at radius 3 is 2.20 bits per heavy atom. The smallest absolute Gasteiger partial charge is 0.303 e. The molecule has 0 aromatic heterocycles. The molecule has 2 heterocycles. The van der Waals surface area contributed by atoms with E-state index in [-0.39, 0.29) is 54.1 Å². The van der Waals surface area contributed by atoms with Gasteiger partial charge in [-0.1, -0.05) is 27.7 Å². The van der Waals surface area contributed by atoms with Crippen molar-refractivity contribution in [3.8, 4) is 0 Å². The van der Waals surface area contributed by atoms with Gasteiger partial charge in [-0.15, -0.1) is 0 Å². The Morgan fingerprint density at radius 2 is 1.56 bits per heavy atom. The Kier molecular flexibility index (Phi) is 12.3. The number of carbonyl (C=O) groups excluding carboxylic acids is 1. The minimum atomic E-state index is -1.54. The van der Waals surface area contributed by atoms with Crippen LogP contribution in [0.2, 0.25) is 0 Å². The lowest BCUT2D eigenvalue weighted by Crippen LogP contribution is -2.64. The number of fused-ring (bicyclic) bond motifs is 2. The summed E-state index contributed by atoms with van der Waals surface area (Å²) in [6, 6.07) is 0. The second kappa shape index (κ2) is 15.9. The number of aliphatic hydroxyl groups excluding tert-OH is 10. The predicted molar refractivity (Wildman–Crippen MR) is 207 cm³/mol. The van der Waals surface area contributed by atoms with E-state index in [0.29, 0.717) is 32.1 Å². The van der Waals surface area contributed by atoms with Gasteiger partial charge in [0.15, 0.2) is 18.7 Å². The molecule has 340 valence electrons. The van der Waals surface area contributed by atoms with Crippen LogP contribution in [0, 0.1) is 50.7 Å². The van der Waals surface area contributed by atoms with Crippen LogP contribution in [-0.4, -0.2) is 162 Å². The van der Waals surface area contributed by atoms with Gasteiger partial charge in [0, 0.05) is 18.9 Å². The third-order valence-electron chi connectivity index (χ3n) is 17.6. The van der Waals surface area contributed by atoms with E-state index >= 15 is 0 Å². The number of hydrogen-bond donors (Lipinski definition) is 10. The number of ether oxygens (including phenoxy) is 5. The molecule has 2 aliphatic heterocycles. The Balaban J connectivity index is 1.05. The average molecular weight is 845 g/mol. The molecule has 7 fully saturated rings. The molecule has 5 saturated carbocycles. The molecule has 2 spiro atoms. The first-order chi connectivity index (χ1) is 27.5. The molecule has 21 atom stereocenters. The van der Waals surface area contributed by atoms with Gasteiger partial charge in [-0.25, -0.2) is 0 Å². The summed E-state index contributed by atoms with van der Waals surface area (Å²) in [6.45, 7) is 12.0. The van der Waals surface area contributed by atoms with Gasteiger partial charge < -0.3 is 74.7 Å². The summed E-state index contributed by atoms with van der Waals surface area (Å²) in [5.74, 6) is -1.23. The number of rotatable bonds is 12. The van der Waals surface area contributed by atoms with Crippen LogP contribution in [0.4, 0.5) is 0 Å². The fraction of sp³-hybridized carbons (Fsp3) is 0.977. The third-order valence-corrected chi connectivity index (χ3v) is 17.6. The van der Waals surface area contributed by atoms with Crippen LogP contribution < -0.4 is 0 Å². The van der Waals surface area contributed by atoms with Crippen molar-refractivity contribution in [3.05, 3.63) is 0 Å². The molecule has 0 amide bonds. The number of hydrogen-bond acceptors (Lipinski definition) is 16. The van der Waals surface area contributed by atoms with Crippen LogP contribution in [0.15, 0.2) is 0 Å². The van der Waals surface area contributed by atoms with Crippen LogP contribution in [0.1, 0.15) is 106 Å². The first kappa shape index (κ1) is 45.9. The first-order valence-corrected chi connectivity index (χ1v) is 21.9. The van der Waals surface area contributed by atoms with Gasteiger partial charge in [0.1, 0.15) is 36.6 Å². The fourth-order valence-electron chi connectivity index (χ4n) is 14.7. The Morgan fingerprint density at radius 1 is 0.864 bits per heavy atom. The monoisotopic (exact) mass is 844 g/mol. The molecule has 0 aromatic rings. The highest BCUT2D eigenvalue weighted by Crippen LogP contribution is 2.89. The van der Waals surface area contributed by atoms with Crippen LogP contribution >= 0.6 is 0 Å². The van der Waals surface area contributed by atoms with Crippen molar-refractivity contribution in [2.24, 2.45) is 50.7 Å². The largest absolute Gasteiger partial charge is 0.454 e. The van der Waals surface area contributed by atoms with Crippen molar-refractivity contribution in [1.29, 1.82) is 0 Å². The molecule has 0 bridgehead atoms. The van der Waals surface area contributed by atoms with E-state index in [2.05, 4.69) is 20.8 Å². The van der Waals surface area contributed by atoms with E-state index in [9.17, 15) is 55.9 Å². The highest BCUT2D eigenvalue weighted by Gasteiger charge is 2.85. The number of esters is 1. The van der Waals surface area contributed by atoms with Crippen molar-refractivity contribution < 1.29 is 79.5 Å². The van der Waals surface area contributed by atoms with Gasteiger partial charge in [-0.05, 0) is 117 Å². The maximum Gasteiger partial charge on any atom is 0.303 e.